The third-order valence-electron chi connectivity index (χ3n) is 2.12. The van der Waals surface area contributed by atoms with Gasteiger partial charge in [-0.1, -0.05) is 13.8 Å². The second-order valence-electron chi connectivity index (χ2n) is 3.56. The van der Waals surface area contributed by atoms with Gasteiger partial charge >= 0.3 is 0 Å². The third-order valence-corrected chi connectivity index (χ3v) is 2.30. The Labute approximate surface area is 99.8 Å². The molecule has 0 spiro atoms. The lowest BCUT2D eigenvalue weighted by Gasteiger charge is -2.20. The van der Waals surface area contributed by atoms with Crippen molar-refractivity contribution in [2.75, 3.05) is 13.1 Å². The van der Waals surface area contributed by atoms with E-state index in [1.807, 2.05) is 4.90 Å². The molecular formula is C10H17N3O2S. The van der Waals surface area contributed by atoms with E-state index in [4.69, 9.17) is 16.6 Å². The monoisotopic (exact) mass is 243 g/mol. The number of aromatic nitrogens is 2. The van der Waals surface area contributed by atoms with Crippen molar-refractivity contribution in [2.45, 2.75) is 33.1 Å². The summed E-state index contributed by atoms with van der Waals surface area (Å²) in [6.45, 7) is 5.65. The van der Waals surface area contributed by atoms with Crippen LogP contribution in [0.2, 0.25) is 0 Å². The highest BCUT2D eigenvalue weighted by atomic mass is 32.1. The maximum Gasteiger partial charge on any atom is 0.284 e. The zero-order chi connectivity index (χ0) is 12.0. The highest BCUT2D eigenvalue weighted by molar-refractivity contribution is 7.71. The molecule has 0 bridgehead atoms. The maximum absolute atomic E-state index is 11.9. The van der Waals surface area contributed by atoms with Crippen LogP contribution < -0.4 is 0 Å². The minimum Gasteiger partial charge on any atom is -0.414 e. The zero-order valence-corrected chi connectivity index (χ0v) is 10.5. The van der Waals surface area contributed by atoms with E-state index in [1.165, 1.54) is 0 Å². The Morgan fingerprint density at radius 3 is 2.50 bits per heavy atom. The van der Waals surface area contributed by atoms with Crippen molar-refractivity contribution in [1.29, 1.82) is 0 Å². The molecule has 0 saturated carbocycles. The van der Waals surface area contributed by atoms with Gasteiger partial charge in [-0.25, -0.2) is 5.10 Å². The molecule has 0 atom stereocenters. The van der Waals surface area contributed by atoms with Crippen LogP contribution in [0, 0.1) is 4.84 Å². The van der Waals surface area contributed by atoms with Crippen LogP contribution in [0.5, 0.6) is 0 Å². The first-order valence-corrected chi connectivity index (χ1v) is 5.90. The first kappa shape index (κ1) is 12.9. The highest BCUT2D eigenvalue weighted by Crippen LogP contribution is 2.02. The topological polar surface area (TPSA) is 62.1 Å². The van der Waals surface area contributed by atoms with E-state index < -0.39 is 0 Å². The van der Waals surface area contributed by atoms with Crippen LogP contribution in [-0.4, -0.2) is 34.1 Å². The number of H-pyrrole nitrogens is 1. The van der Waals surface area contributed by atoms with Gasteiger partial charge in [-0.15, -0.1) is 5.10 Å². The van der Waals surface area contributed by atoms with Crippen LogP contribution >= 0.6 is 12.2 Å². The van der Waals surface area contributed by atoms with E-state index in [0.29, 0.717) is 5.89 Å². The number of aromatic amines is 1. The number of hydrogen-bond donors (Lipinski definition) is 1. The molecule has 90 valence electrons. The van der Waals surface area contributed by atoms with Crippen LogP contribution in [0.4, 0.5) is 0 Å². The first-order chi connectivity index (χ1) is 7.67. The molecule has 1 aromatic heterocycles. The van der Waals surface area contributed by atoms with Gasteiger partial charge in [0.05, 0.1) is 0 Å². The van der Waals surface area contributed by atoms with E-state index >= 15 is 0 Å². The lowest BCUT2D eigenvalue weighted by Crippen LogP contribution is -2.33. The molecule has 1 aromatic rings. The van der Waals surface area contributed by atoms with E-state index in [-0.39, 0.29) is 17.2 Å². The Hall–Kier alpha value is -1.17. The molecule has 6 heteroatoms. The lowest BCUT2D eigenvalue weighted by molar-refractivity contribution is -0.130. The SMILES string of the molecule is CCCN(CCC)C(=O)Cc1n[nH]c(=S)o1. The van der Waals surface area contributed by atoms with Gasteiger partial charge in [0.2, 0.25) is 11.8 Å². The van der Waals surface area contributed by atoms with Crippen molar-refractivity contribution in [3.8, 4) is 0 Å². The molecule has 1 heterocycles. The Morgan fingerprint density at radius 1 is 1.44 bits per heavy atom. The fourth-order valence-corrected chi connectivity index (χ4v) is 1.62. The number of hydrogen-bond acceptors (Lipinski definition) is 4. The number of carbonyl (C=O) groups excluding carboxylic acids is 1. The van der Waals surface area contributed by atoms with E-state index in [9.17, 15) is 4.79 Å². The van der Waals surface area contributed by atoms with Gasteiger partial charge in [0.1, 0.15) is 6.42 Å². The molecule has 0 saturated heterocycles. The molecule has 16 heavy (non-hydrogen) atoms. The predicted octanol–water partition coefficient (Wildman–Crippen LogP) is 1.92. The average molecular weight is 243 g/mol. The minimum atomic E-state index is 0.0361. The Kier molecular flexibility index (Phi) is 5.18. The molecule has 0 aliphatic rings. The molecular weight excluding hydrogens is 226 g/mol. The summed E-state index contributed by atoms with van der Waals surface area (Å²) >= 11 is 4.74. The van der Waals surface area contributed by atoms with Crippen molar-refractivity contribution in [1.82, 2.24) is 15.1 Å². The summed E-state index contributed by atoms with van der Waals surface area (Å²) in [6, 6.07) is 0. The number of nitrogens with one attached hydrogen (secondary N) is 1. The van der Waals surface area contributed by atoms with Crippen LogP contribution in [0.25, 0.3) is 0 Å². The van der Waals surface area contributed by atoms with E-state index in [1.54, 1.807) is 0 Å². The zero-order valence-electron chi connectivity index (χ0n) is 9.65. The smallest absolute Gasteiger partial charge is 0.284 e. The maximum atomic E-state index is 11.9. The number of carbonyl (C=O) groups is 1. The van der Waals surface area contributed by atoms with E-state index in [2.05, 4.69) is 24.0 Å². The summed E-state index contributed by atoms with van der Waals surface area (Å²) in [4.78, 5) is 13.9. The molecule has 0 radical (unpaired) electrons. The quantitative estimate of drug-likeness (QED) is 0.775. The van der Waals surface area contributed by atoms with Crippen LogP contribution in [0.15, 0.2) is 4.42 Å². The summed E-state index contributed by atoms with van der Waals surface area (Å²) in [6.07, 6.45) is 2.08. The van der Waals surface area contributed by atoms with Gasteiger partial charge in [0.15, 0.2) is 0 Å². The van der Waals surface area contributed by atoms with Gasteiger partial charge in [-0.2, -0.15) is 0 Å². The molecule has 0 unspecified atom stereocenters. The average Bonchev–Trinajstić information content (AvgIpc) is 2.63. The van der Waals surface area contributed by atoms with Crippen molar-refractivity contribution in [2.24, 2.45) is 0 Å². The summed E-state index contributed by atoms with van der Waals surface area (Å²) in [7, 11) is 0. The number of rotatable bonds is 6. The Balaban J connectivity index is 2.57. The first-order valence-electron chi connectivity index (χ1n) is 5.49. The molecule has 5 nitrogen and oxygen atoms in total. The fourth-order valence-electron chi connectivity index (χ4n) is 1.48. The fraction of sp³-hybridized carbons (Fsp3) is 0.700. The van der Waals surface area contributed by atoms with Gasteiger partial charge < -0.3 is 9.32 Å². The molecule has 0 aliphatic heterocycles. The molecule has 0 aliphatic carbocycles. The molecule has 1 rings (SSSR count). The van der Waals surface area contributed by atoms with Crippen LogP contribution in [0.3, 0.4) is 0 Å². The summed E-state index contributed by atoms with van der Waals surface area (Å²) < 4.78 is 5.06. The normalized spacial score (nSPS) is 10.4. The van der Waals surface area contributed by atoms with Gasteiger partial charge in [-0.05, 0) is 25.1 Å². The molecule has 0 fully saturated rings. The highest BCUT2D eigenvalue weighted by Gasteiger charge is 2.14. The molecule has 1 amide bonds. The third kappa shape index (κ3) is 3.77. The lowest BCUT2D eigenvalue weighted by atomic mass is 10.3. The summed E-state index contributed by atoms with van der Waals surface area (Å²) in [5.41, 5.74) is 0. The summed E-state index contributed by atoms with van der Waals surface area (Å²) in [5, 5.41) is 6.32. The predicted molar refractivity (Wildman–Crippen MR) is 62.6 cm³/mol. The van der Waals surface area contributed by atoms with E-state index in [0.717, 1.165) is 25.9 Å². The van der Waals surface area contributed by atoms with Crippen molar-refractivity contribution in [3.63, 3.8) is 0 Å². The van der Waals surface area contributed by atoms with Crippen molar-refractivity contribution in [3.05, 3.63) is 10.7 Å². The van der Waals surface area contributed by atoms with Crippen LogP contribution in [-0.2, 0) is 11.2 Å². The molecule has 0 aromatic carbocycles. The Bertz CT molecular complexity index is 379. The van der Waals surface area contributed by atoms with Gasteiger partial charge in [0.25, 0.3) is 4.84 Å². The van der Waals surface area contributed by atoms with Gasteiger partial charge in [-0.3, -0.25) is 4.79 Å². The van der Waals surface area contributed by atoms with Gasteiger partial charge in [0, 0.05) is 13.1 Å². The standard InChI is InChI=1S/C10H17N3O2S/c1-3-5-13(6-4-2)9(14)7-8-11-12-10(16)15-8/h3-7H2,1-2H3,(H,12,16). The molecule has 1 N–H and O–H groups in total. The minimum absolute atomic E-state index is 0.0361. The number of nitrogens with zero attached hydrogens (tertiary/aromatic N) is 2. The van der Waals surface area contributed by atoms with Crippen LogP contribution in [0.1, 0.15) is 32.6 Å². The van der Waals surface area contributed by atoms with Crippen molar-refractivity contribution < 1.29 is 9.21 Å². The Morgan fingerprint density at radius 2 is 2.06 bits per heavy atom. The second kappa shape index (κ2) is 6.42. The second-order valence-corrected chi connectivity index (χ2v) is 3.94. The van der Waals surface area contributed by atoms with Crippen molar-refractivity contribution >= 4 is 18.1 Å². The number of amides is 1. The largest absolute Gasteiger partial charge is 0.414 e. The summed E-state index contributed by atoms with van der Waals surface area (Å²) in [5.74, 6) is 0.390.